The number of carbonyl (C=O) groups is 1. The third-order valence-electron chi connectivity index (χ3n) is 3.87. The highest BCUT2D eigenvalue weighted by molar-refractivity contribution is 5.68. The summed E-state index contributed by atoms with van der Waals surface area (Å²) in [5.41, 5.74) is -0.434. The molecule has 118 valence electrons. The maximum atomic E-state index is 11.7. The molecule has 4 heteroatoms. The molecular weight excluding hydrogens is 252 g/mol. The fourth-order valence-electron chi connectivity index (χ4n) is 2.80. The minimum absolute atomic E-state index is 0.140. The minimum atomic E-state index is -0.434. The number of piperidine rings is 1. The molecule has 1 heterocycles. The molecule has 0 radical (unpaired) electrons. The first kappa shape index (κ1) is 17.3. The van der Waals surface area contributed by atoms with Crippen molar-refractivity contribution in [2.45, 2.75) is 78.5 Å². The average Bonchev–Trinajstić information content (AvgIpc) is 2.26. The van der Waals surface area contributed by atoms with Crippen LogP contribution < -0.4 is 10.6 Å². The predicted molar refractivity (Wildman–Crippen MR) is 82.8 cm³/mol. The van der Waals surface area contributed by atoms with Gasteiger partial charge in [0, 0.05) is 12.1 Å². The van der Waals surface area contributed by atoms with Crippen molar-refractivity contribution < 1.29 is 9.53 Å². The van der Waals surface area contributed by atoms with Crippen molar-refractivity contribution in [3.05, 3.63) is 0 Å². The maximum absolute atomic E-state index is 11.7. The molecule has 0 aliphatic carbocycles. The molecule has 1 rings (SSSR count). The van der Waals surface area contributed by atoms with Gasteiger partial charge in [0.25, 0.3) is 0 Å². The number of rotatable bonds is 4. The number of carbonyl (C=O) groups excluding carboxylic acids is 1. The molecule has 0 aromatic heterocycles. The fraction of sp³-hybridized carbons (Fsp3) is 0.938. The number of amides is 1. The topological polar surface area (TPSA) is 50.4 Å². The van der Waals surface area contributed by atoms with Crippen molar-refractivity contribution in [3.8, 4) is 0 Å². The zero-order valence-corrected chi connectivity index (χ0v) is 14.0. The third-order valence-corrected chi connectivity index (χ3v) is 3.87. The lowest BCUT2D eigenvalue weighted by Gasteiger charge is -2.33. The van der Waals surface area contributed by atoms with E-state index in [4.69, 9.17) is 4.74 Å². The quantitative estimate of drug-likeness (QED) is 0.832. The van der Waals surface area contributed by atoms with E-state index < -0.39 is 5.60 Å². The molecule has 4 nitrogen and oxygen atoms in total. The van der Waals surface area contributed by atoms with E-state index in [2.05, 4.69) is 24.5 Å². The monoisotopic (exact) mass is 284 g/mol. The first-order valence-electron chi connectivity index (χ1n) is 7.90. The van der Waals surface area contributed by atoms with Gasteiger partial charge in [-0.1, -0.05) is 13.8 Å². The molecule has 2 unspecified atom stereocenters. The van der Waals surface area contributed by atoms with Crippen LogP contribution in [0.1, 0.15) is 60.8 Å². The molecule has 0 spiro atoms. The molecule has 4 atom stereocenters. The van der Waals surface area contributed by atoms with E-state index >= 15 is 0 Å². The number of alkyl carbamates (subject to hydrolysis) is 1. The highest BCUT2D eigenvalue weighted by atomic mass is 16.6. The van der Waals surface area contributed by atoms with Gasteiger partial charge in [-0.05, 0) is 65.3 Å². The van der Waals surface area contributed by atoms with E-state index in [9.17, 15) is 4.79 Å². The van der Waals surface area contributed by atoms with Gasteiger partial charge in [0.05, 0.1) is 0 Å². The molecule has 1 aliphatic heterocycles. The second-order valence-electron chi connectivity index (χ2n) is 7.46. The van der Waals surface area contributed by atoms with Crippen molar-refractivity contribution in [1.82, 2.24) is 10.6 Å². The van der Waals surface area contributed by atoms with Gasteiger partial charge in [-0.15, -0.1) is 0 Å². The Hall–Kier alpha value is -0.770. The van der Waals surface area contributed by atoms with Crippen LogP contribution in [0.25, 0.3) is 0 Å². The molecule has 1 fully saturated rings. The largest absolute Gasteiger partial charge is 0.444 e. The van der Waals surface area contributed by atoms with Crippen molar-refractivity contribution in [2.75, 3.05) is 6.54 Å². The fourth-order valence-corrected chi connectivity index (χ4v) is 2.80. The Balaban J connectivity index is 2.30. The summed E-state index contributed by atoms with van der Waals surface area (Å²) in [6.45, 7) is 13.4. The lowest BCUT2D eigenvalue weighted by atomic mass is 9.86. The Morgan fingerprint density at radius 1 is 1.35 bits per heavy atom. The number of hydrogen-bond donors (Lipinski definition) is 2. The second kappa shape index (κ2) is 7.30. The van der Waals surface area contributed by atoms with E-state index in [1.807, 2.05) is 27.7 Å². The molecule has 0 bridgehead atoms. The van der Waals surface area contributed by atoms with Gasteiger partial charge < -0.3 is 15.4 Å². The molecule has 0 aromatic carbocycles. The number of hydrogen-bond acceptors (Lipinski definition) is 3. The van der Waals surface area contributed by atoms with E-state index in [-0.39, 0.29) is 12.1 Å². The Labute approximate surface area is 124 Å². The van der Waals surface area contributed by atoms with Gasteiger partial charge in [0.15, 0.2) is 0 Å². The lowest BCUT2D eigenvalue weighted by Crippen LogP contribution is -2.45. The summed E-state index contributed by atoms with van der Waals surface area (Å²) in [6.07, 6.45) is 3.20. The summed E-state index contributed by atoms with van der Waals surface area (Å²) >= 11 is 0. The van der Waals surface area contributed by atoms with E-state index in [0.717, 1.165) is 18.9 Å². The van der Waals surface area contributed by atoms with Gasteiger partial charge in [-0.2, -0.15) is 0 Å². The summed E-state index contributed by atoms with van der Waals surface area (Å²) in [5, 5.41) is 6.55. The normalized spacial score (nSPS) is 26.7. The van der Waals surface area contributed by atoms with Gasteiger partial charge in [0.2, 0.25) is 0 Å². The van der Waals surface area contributed by atoms with Crippen LogP contribution in [-0.4, -0.2) is 30.3 Å². The van der Waals surface area contributed by atoms with Crippen molar-refractivity contribution in [2.24, 2.45) is 11.8 Å². The summed E-state index contributed by atoms with van der Waals surface area (Å²) in [5.74, 6) is 1.35. The summed E-state index contributed by atoms with van der Waals surface area (Å²) < 4.78 is 5.28. The average molecular weight is 284 g/mol. The van der Waals surface area contributed by atoms with Crippen LogP contribution in [0.3, 0.4) is 0 Å². The predicted octanol–water partition coefficient (Wildman–Crippen LogP) is 3.31. The highest BCUT2D eigenvalue weighted by Crippen LogP contribution is 2.22. The Morgan fingerprint density at radius 3 is 2.50 bits per heavy atom. The molecule has 2 N–H and O–H groups in total. The third kappa shape index (κ3) is 6.60. The van der Waals surface area contributed by atoms with Crippen molar-refractivity contribution in [3.63, 3.8) is 0 Å². The Bertz CT molecular complexity index is 304. The van der Waals surface area contributed by atoms with E-state index in [1.165, 1.54) is 12.8 Å². The first-order valence-corrected chi connectivity index (χ1v) is 7.90. The highest BCUT2D eigenvalue weighted by Gasteiger charge is 2.25. The zero-order valence-electron chi connectivity index (χ0n) is 14.0. The summed E-state index contributed by atoms with van der Waals surface area (Å²) in [4.78, 5) is 11.7. The van der Waals surface area contributed by atoms with Gasteiger partial charge in [-0.3, -0.25) is 0 Å². The van der Waals surface area contributed by atoms with Gasteiger partial charge >= 0.3 is 6.09 Å². The van der Waals surface area contributed by atoms with Crippen molar-refractivity contribution in [1.29, 1.82) is 0 Å². The summed E-state index contributed by atoms with van der Waals surface area (Å²) in [7, 11) is 0. The van der Waals surface area contributed by atoms with Gasteiger partial charge in [-0.25, -0.2) is 4.79 Å². The molecule has 1 saturated heterocycles. The Morgan fingerprint density at radius 2 is 2.00 bits per heavy atom. The zero-order chi connectivity index (χ0) is 15.3. The van der Waals surface area contributed by atoms with Crippen LogP contribution >= 0.6 is 0 Å². The maximum Gasteiger partial charge on any atom is 0.407 e. The molecule has 1 amide bonds. The van der Waals surface area contributed by atoms with E-state index in [0.29, 0.717) is 12.0 Å². The van der Waals surface area contributed by atoms with Crippen LogP contribution in [0.15, 0.2) is 0 Å². The second-order valence-corrected chi connectivity index (χ2v) is 7.46. The van der Waals surface area contributed by atoms with Crippen LogP contribution in [0, 0.1) is 11.8 Å². The molecule has 0 saturated carbocycles. The Kier molecular flexibility index (Phi) is 6.31. The standard InChI is InChI=1S/C16H32N2O2/c1-11-7-8-14(17-10-11)12(2)9-13(3)18-15(19)20-16(4,5)6/h11-14,17H,7-10H2,1-6H3,(H,18,19)/t11?,12-,13-,14?/m0/s1. The van der Waals surface area contributed by atoms with Gasteiger partial charge in [0.1, 0.15) is 5.60 Å². The summed E-state index contributed by atoms with van der Waals surface area (Å²) in [6, 6.07) is 0.718. The van der Waals surface area contributed by atoms with Crippen LogP contribution in [0.5, 0.6) is 0 Å². The van der Waals surface area contributed by atoms with Crippen LogP contribution in [0.2, 0.25) is 0 Å². The van der Waals surface area contributed by atoms with Crippen LogP contribution in [-0.2, 0) is 4.74 Å². The minimum Gasteiger partial charge on any atom is -0.444 e. The smallest absolute Gasteiger partial charge is 0.407 e. The first-order chi connectivity index (χ1) is 9.17. The van der Waals surface area contributed by atoms with E-state index in [1.54, 1.807) is 0 Å². The molecule has 1 aliphatic rings. The lowest BCUT2D eigenvalue weighted by molar-refractivity contribution is 0.0500. The van der Waals surface area contributed by atoms with Crippen molar-refractivity contribution >= 4 is 6.09 Å². The number of nitrogens with one attached hydrogen (secondary N) is 2. The molecular formula is C16H32N2O2. The number of ether oxygens (including phenoxy) is 1. The SMILES string of the molecule is CC1CCC([C@@H](C)C[C@H](C)NC(=O)OC(C)(C)C)NC1. The van der Waals surface area contributed by atoms with Crippen LogP contribution in [0.4, 0.5) is 4.79 Å². The molecule has 0 aromatic rings. The molecule has 20 heavy (non-hydrogen) atoms.